The van der Waals surface area contributed by atoms with Gasteiger partial charge in [0.2, 0.25) is 5.75 Å². The van der Waals surface area contributed by atoms with Crippen molar-refractivity contribution in [1.82, 2.24) is 0 Å². The van der Waals surface area contributed by atoms with Gasteiger partial charge in [-0.3, -0.25) is 9.59 Å². The third-order valence-electron chi connectivity index (χ3n) is 4.84. The van der Waals surface area contributed by atoms with Crippen LogP contribution in [0.15, 0.2) is 35.9 Å². The van der Waals surface area contributed by atoms with Crippen LogP contribution in [-0.2, 0) is 4.79 Å². The Morgan fingerprint density at radius 3 is 2.45 bits per heavy atom. The molecule has 3 rings (SSSR count). The number of methoxy groups -OCH3 is 3. The molecule has 0 atom stereocenters. The third kappa shape index (κ3) is 3.76. The summed E-state index contributed by atoms with van der Waals surface area (Å²) < 4.78 is 16.2. The normalized spacial score (nSPS) is 14.6. The Labute approximate surface area is 169 Å². The van der Waals surface area contributed by atoms with Gasteiger partial charge >= 0.3 is 5.97 Å². The Hall–Kier alpha value is -3.48. The number of benzene rings is 2. The highest BCUT2D eigenvalue weighted by atomic mass is 16.5. The second-order valence-corrected chi connectivity index (χ2v) is 6.64. The van der Waals surface area contributed by atoms with E-state index >= 15 is 0 Å². The lowest BCUT2D eigenvalue weighted by molar-refractivity contribution is -0.135. The molecule has 0 bridgehead atoms. The van der Waals surface area contributed by atoms with Gasteiger partial charge in [0.05, 0.1) is 27.0 Å². The van der Waals surface area contributed by atoms with Crippen LogP contribution in [-0.4, -0.2) is 51.3 Å². The number of fused-ring (bicyclic) bond motifs is 1. The number of hydrogen-bond donors (Lipinski definition) is 1. The average Bonchev–Trinajstić information content (AvgIpc) is 2.70. The largest absolute Gasteiger partial charge is 0.493 e. The van der Waals surface area contributed by atoms with Crippen molar-refractivity contribution in [3.05, 3.63) is 52.6 Å². The van der Waals surface area contributed by atoms with Crippen molar-refractivity contribution in [2.75, 3.05) is 39.3 Å². The number of carboxylic acids is 1. The number of ketones is 1. The standard InChI is InChI=1S/C22H23NO6/c1-13-6-5-7-16-19(13)23(12-18(24)25)11-15(20(16)26)10-14-8-9-17(27-2)22(29-4)21(14)28-3/h5-10H,11-12H2,1-4H3,(H,24,25)/b15-10+. The molecule has 2 aromatic carbocycles. The maximum absolute atomic E-state index is 13.1. The van der Waals surface area contributed by atoms with E-state index < -0.39 is 5.97 Å². The molecule has 0 spiro atoms. The van der Waals surface area contributed by atoms with Crippen LogP contribution in [0.25, 0.3) is 6.08 Å². The van der Waals surface area contributed by atoms with Crippen LogP contribution < -0.4 is 19.1 Å². The average molecular weight is 397 g/mol. The van der Waals surface area contributed by atoms with Crippen molar-refractivity contribution in [3.8, 4) is 17.2 Å². The minimum atomic E-state index is -0.961. The molecular formula is C22H23NO6. The number of anilines is 1. The lowest BCUT2D eigenvalue weighted by Crippen LogP contribution is -2.38. The Balaban J connectivity index is 2.13. The lowest BCUT2D eigenvalue weighted by atomic mass is 9.92. The summed E-state index contributed by atoms with van der Waals surface area (Å²) in [6, 6.07) is 8.89. The number of para-hydroxylation sites is 1. The number of carbonyl (C=O) groups excluding carboxylic acids is 1. The molecule has 0 fully saturated rings. The Morgan fingerprint density at radius 1 is 1.10 bits per heavy atom. The fourth-order valence-electron chi connectivity index (χ4n) is 3.63. The zero-order valence-corrected chi connectivity index (χ0v) is 16.8. The summed E-state index contributed by atoms with van der Waals surface area (Å²) in [5.41, 5.74) is 3.12. The van der Waals surface area contributed by atoms with Gasteiger partial charge in [-0.15, -0.1) is 0 Å². The number of aliphatic carboxylic acids is 1. The first-order chi connectivity index (χ1) is 13.9. The molecule has 152 valence electrons. The van der Waals surface area contributed by atoms with Crippen LogP contribution in [0.2, 0.25) is 0 Å². The first kappa shape index (κ1) is 20.3. The second kappa shape index (κ2) is 8.26. The fraction of sp³-hybridized carbons (Fsp3) is 0.273. The number of rotatable bonds is 6. The summed E-state index contributed by atoms with van der Waals surface area (Å²) in [6.45, 7) is 1.85. The van der Waals surface area contributed by atoms with Gasteiger partial charge in [-0.1, -0.05) is 12.1 Å². The summed E-state index contributed by atoms with van der Waals surface area (Å²) >= 11 is 0. The van der Waals surface area contributed by atoms with E-state index in [1.54, 1.807) is 35.2 Å². The van der Waals surface area contributed by atoms with Crippen molar-refractivity contribution in [3.63, 3.8) is 0 Å². The summed E-state index contributed by atoms with van der Waals surface area (Å²) in [6.07, 6.45) is 1.71. The number of hydrogen-bond acceptors (Lipinski definition) is 6. The van der Waals surface area contributed by atoms with E-state index in [1.807, 2.05) is 13.0 Å². The van der Waals surface area contributed by atoms with Crippen molar-refractivity contribution < 1.29 is 28.9 Å². The van der Waals surface area contributed by atoms with Crippen molar-refractivity contribution in [2.24, 2.45) is 0 Å². The van der Waals surface area contributed by atoms with Crippen LogP contribution in [0, 0.1) is 6.92 Å². The molecule has 1 aliphatic rings. The van der Waals surface area contributed by atoms with E-state index in [0.717, 1.165) is 5.56 Å². The molecule has 0 aliphatic carbocycles. The molecule has 0 saturated heterocycles. The molecule has 0 saturated carbocycles. The first-order valence-corrected chi connectivity index (χ1v) is 9.01. The summed E-state index contributed by atoms with van der Waals surface area (Å²) in [4.78, 5) is 26.2. The quantitative estimate of drug-likeness (QED) is 0.749. The number of aryl methyl sites for hydroxylation is 1. The van der Waals surface area contributed by atoms with Gasteiger partial charge in [0.15, 0.2) is 17.3 Å². The summed E-state index contributed by atoms with van der Waals surface area (Å²) in [5.74, 6) is 0.270. The van der Waals surface area contributed by atoms with Crippen molar-refractivity contribution in [1.29, 1.82) is 0 Å². The molecule has 2 aromatic rings. The van der Waals surface area contributed by atoms with Gasteiger partial charge < -0.3 is 24.2 Å². The number of Topliss-reactive ketones (excluding diaryl/α,β-unsaturated/α-hetero) is 1. The molecular weight excluding hydrogens is 374 g/mol. The zero-order valence-electron chi connectivity index (χ0n) is 16.8. The predicted octanol–water partition coefficient (Wildman–Crippen LogP) is 3.19. The van der Waals surface area contributed by atoms with Gasteiger partial charge in [0, 0.05) is 23.2 Å². The molecule has 7 heteroatoms. The van der Waals surface area contributed by atoms with Gasteiger partial charge in [-0.2, -0.15) is 0 Å². The maximum atomic E-state index is 13.1. The first-order valence-electron chi connectivity index (χ1n) is 9.01. The van der Waals surface area contributed by atoms with Crippen molar-refractivity contribution in [2.45, 2.75) is 6.92 Å². The van der Waals surface area contributed by atoms with Crippen molar-refractivity contribution >= 4 is 23.5 Å². The molecule has 29 heavy (non-hydrogen) atoms. The topological polar surface area (TPSA) is 85.3 Å². The van der Waals surface area contributed by atoms with Crippen LogP contribution in [0.4, 0.5) is 5.69 Å². The Bertz CT molecular complexity index is 995. The third-order valence-corrected chi connectivity index (χ3v) is 4.84. The summed E-state index contributed by atoms with van der Waals surface area (Å²) in [7, 11) is 4.55. The number of carbonyl (C=O) groups is 2. The molecule has 7 nitrogen and oxygen atoms in total. The highest BCUT2D eigenvalue weighted by molar-refractivity contribution is 6.17. The molecule has 0 amide bonds. The number of nitrogens with zero attached hydrogens (tertiary/aromatic N) is 1. The predicted molar refractivity (Wildman–Crippen MR) is 109 cm³/mol. The van der Waals surface area contributed by atoms with E-state index in [0.29, 0.717) is 39.6 Å². The minimum absolute atomic E-state index is 0.137. The molecule has 1 heterocycles. The smallest absolute Gasteiger partial charge is 0.323 e. The minimum Gasteiger partial charge on any atom is -0.493 e. The number of carboxylic acid groups (broad SMARTS) is 1. The molecule has 0 aromatic heterocycles. The highest BCUT2D eigenvalue weighted by Gasteiger charge is 2.30. The molecule has 1 N–H and O–H groups in total. The molecule has 0 unspecified atom stereocenters. The van der Waals surface area contributed by atoms with E-state index in [2.05, 4.69) is 0 Å². The molecule has 0 radical (unpaired) electrons. The van der Waals surface area contributed by atoms with Gasteiger partial charge in [-0.25, -0.2) is 0 Å². The Kier molecular flexibility index (Phi) is 5.77. The van der Waals surface area contributed by atoms with Crippen LogP contribution in [0.5, 0.6) is 17.2 Å². The monoisotopic (exact) mass is 397 g/mol. The van der Waals surface area contributed by atoms with E-state index in [9.17, 15) is 14.7 Å². The maximum Gasteiger partial charge on any atom is 0.323 e. The summed E-state index contributed by atoms with van der Waals surface area (Å²) in [5, 5.41) is 9.34. The number of ether oxygens (including phenoxy) is 3. The van der Waals surface area contributed by atoms with E-state index in [4.69, 9.17) is 14.2 Å². The van der Waals surface area contributed by atoms with E-state index in [1.165, 1.54) is 21.3 Å². The van der Waals surface area contributed by atoms with Crippen LogP contribution in [0.3, 0.4) is 0 Å². The van der Waals surface area contributed by atoms with Gasteiger partial charge in [0.1, 0.15) is 6.54 Å². The lowest BCUT2D eigenvalue weighted by Gasteiger charge is -2.32. The SMILES string of the molecule is COc1ccc(/C=C2\CN(CC(=O)O)c3c(C)cccc3C2=O)c(OC)c1OC. The Morgan fingerprint density at radius 2 is 1.83 bits per heavy atom. The van der Waals surface area contributed by atoms with Crippen LogP contribution in [0.1, 0.15) is 21.5 Å². The van der Waals surface area contributed by atoms with Gasteiger partial charge in [0.25, 0.3) is 0 Å². The van der Waals surface area contributed by atoms with E-state index in [-0.39, 0.29) is 18.9 Å². The van der Waals surface area contributed by atoms with Gasteiger partial charge in [-0.05, 0) is 36.8 Å². The fourth-order valence-corrected chi connectivity index (χ4v) is 3.63. The highest BCUT2D eigenvalue weighted by Crippen LogP contribution is 2.41. The molecule has 1 aliphatic heterocycles. The van der Waals surface area contributed by atoms with Crippen LogP contribution >= 0.6 is 0 Å². The second-order valence-electron chi connectivity index (χ2n) is 6.64. The zero-order chi connectivity index (χ0) is 21.1.